The number of halogens is 1. The van der Waals surface area contributed by atoms with Crippen LogP contribution in [0.4, 0.5) is 4.39 Å². The molecule has 0 aromatic rings. The van der Waals surface area contributed by atoms with E-state index in [-0.39, 0.29) is 32.4 Å². The quantitative estimate of drug-likeness (QED) is 0.0847. The van der Waals surface area contributed by atoms with Crippen LogP contribution < -0.4 is 34.0 Å². The van der Waals surface area contributed by atoms with Gasteiger partial charge in [0, 0.05) is 38.5 Å². The second-order valence-electron chi connectivity index (χ2n) is 12.6. The van der Waals surface area contributed by atoms with Crippen LogP contribution in [0.3, 0.4) is 0 Å². The molecule has 1 aliphatic carbocycles. The van der Waals surface area contributed by atoms with Crippen LogP contribution in [0.1, 0.15) is 19.3 Å². The lowest BCUT2D eigenvalue weighted by Gasteiger charge is -2.47. The van der Waals surface area contributed by atoms with E-state index in [1.165, 1.54) is 0 Å². The van der Waals surface area contributed by atoms with Gasteiger partial charge in [0.25, 0.3) is 5.91 Å². The minimum absolute atomic E-state index is 0.0243. The Morgan fingerprint density at radius 2 is 1.50 bits per heavy atom. The van der Waals surface area contributed by atoms with E-state index in [1.807, 2.05) is 0 Å². The SMILES string of the molecule is NCC1CC(O)C(N)C(OC2C(N)CC(NC(=O)C(O)C(F)CN)C(O)C2OC2OC(CO)C(OC3CC(O)C(O)C(CN)O3)C2O)O1. The lowest BCUT2D eigenvalue weighted by atomic mass is 9.83. The molecule has 4 fully saturated rings. The summed E-state index contributed by atoms with van der Waals surface area (Å²) >= 11 is 0. The number of amides is 1. The van der Waals surface area contributed by atoms with Crippen LogP contribution in [0.25, 0.3) is 0 Å². The van der Waals surface area contributed by atoms with E-state index < -0.39 is 135 Å². The molecule has 48 heavy (non-hydrogen) atoms. The van der Waals surface area contributed by atoms with Crippen molar-refractivity contribution in [1.29, 1.82) is 0 Å². The monoisotopic (exact) mass is 702 g/mol. The molecule has 19 atom stereocenters. The standard InChI is InChI=1S/C27H51FN6O14/c28-9(5-30)18(38)25(42)34-11-2-10(32)22(47-26-17(33)12(36)1-8(4-29)43-26)24(19(11)39)48-27-21(41)23(15(7-35)45-27)46-16-3-13(37)20(40)14(6-31)44-16/h8-24,26-27,35-41H,1-7,29-33H2,(H,34,42). The van der Waals surface area contributed by atoms with Gasteiger partial charge in [-0.25, -0.2) is 4.39 Å². The highest BCUT2D eigenvalue weighted by atomic mass is 19.1. The number of ether oxygens (including phenoxy) is 6. The number of rotatable bonds is 13. The van der Waals surface area contributed by atoms with Gasteiger partial charge in [0.2, 0.25) is 0 Å². The van der Waals surface area contributed by atoms with Gasteiger partial charge in [-0.15, -0.1) is 0 Å². The Balaban J connectivity index is 1.55. The lowest BCUT2D eigenvalue weighted by Crippen LogP contribution is -2.68. The number of nitrogens with one attached hydrogen (secondary N) is 1. The Morgan fingerprint density at radius 3 is 2.12 bits per heavy atom. The van der Waals surface area contributed by atoms with E-state index in [0.717, 1.165) is 0 Å². The Morgan fingerprint density at radius 1 is 0.812 bits per heavy atom. The summed E-state index contributed by atoms with van der Waals surface area (Å²) in [5, 5.41) is 75.9. The highest BCUT2D eigenvalue weighted by Crippen LogP contribution is 2.34. The van der Waals surface area contributed by atoms with Gasteiger partial charge in [0.1, 0.15) is 55.0 Å². The van der Waals surface area contributed by atoms with Crippen molar-refractivity contribution in [3.63, 3.8) is 0 Å². The third kappa shape index (κ3) is 8.75. The number of carbonyl (C=O) groups excluding carboxylic acids is 1. The van der Waals surface area contributed by atoms with Crippen LogP contribution in [-0.2, 0) is 33.2 Å². The summed E-state index contributed by atoms with van der Waals surface area (Å²) in [6.07, 6.45) is -22.6. The van der Waals surface area contributed by atoms with Crippen molar-refractivity contribution in [2.75, 3.05) is 26.2 Å². The van der Waals surface area contributed by atoms with E-state index in [0.29, 0.717) is 0 Å². The molecule has 19 unspecified atom stereocenters. The minimum Gasteiger partial charge on any atom is -0.394 e. The summed E-state index contributed by atoms with van der Waals surface area (Å²) in [4.78, 5) is 12.6. The fourth-order valence-electron chi connectivity index (χ4n) is 6.31. The molecule has 1 saturated carbocycles. The molecule has 0 radical (unpaired) electrons. The Bertz CT molecular complexity index is 1030. The van der Waals surface area contributed by atoms with Crippen molar-refractivity contribution >= 4 is 5.91 Å². The minimum atomic E-state index is -2.15. The molecular weight excluding hydrogens is 651 g/mol. The summed E-state index contributed by atoms with van der Waals surface area (Å²) in [5.41, 5.74) is 29.1. The fraction of sp³-hybridized carbons (Fsp3) is 0.963. The van der Waals surface area contributed by atoms with E-state index in [4.69, 9.17) is 57.1 Å². The molecule has 4 aliphatic rings. The van der Waals surface area contributed by atoms with Crippen LogP contribution in [-0.4, -0.2) is 184 Å². The zero-order valence-corrected chi connectivity index (χ0v) is 26.2. The summed E-state index contributed by atoms with van der Waals surface area (Å²) in [6.45, 7) is -1.46. The van der Waals surface area contributed by atoms with Crippen molar-refractivity contribution in [2.24, 2.45) is 28.7 Å². The molecule has 21 heteroatoms. The highest BCUT2D eigenvalue weighted by Gasteiger charge is 2.54. The molecule has 1 amide bonds. The first-order chi connectivity index (χ1) is 22.7. The fourth-order valence-corrected chi connectivity index (χ4v) is 6.31. The number of aliphatic hydroxyl groups is 7. The third-order valence-electron chi connectivity index (χ3n) is 9.17. The van der Waals surface area contributed by atoms with Gasteiger partial charge in [0.15, 0.2) is 25.0 Å². The van der Waals surface area contributed by atoms with Crippen molar-refractivity contribution in [2.45, 2.75) is 136 Å². The average molecular weight is 703 g/mol. The third-order valence-corrected chi connectivity index (χ3v) is 9.17. The molecule has 0 bridgehead atoms. The maximum atomic E-state index is 14.0. The molecule has 0 aromatic heterocycles. The largest absolute Gasteiger partial charge is 0.394 e. The summed E-state index contributed by atoms with van der Waals surface area (Å²) in [7, 11) is 0. The normalized spacial score (nSPS) is 46.6. The van der Waals surface area contributed by atoms with E-state index in [9.17, 15) is 44.9 Å². The van der Waals surface area contributed by atoms with Crippen LogP contribution in [0.15, 0.2) is 0 Å². The van der Waals surface area contributed by atoms with Crippen LogP contribution in [0, 0.1) is 0 Å². The lowest BCUT2D eigenvalue weighted by molar-refractivity contribution is -0.295. The summed E-state index contributed by atoms with van der Waals surface area (Å²) < 4.78 is 49.0. The van der Waals surface area contributed by atoms with Crippen molar-refractivity contribution in [3.8, 4) is 0 Å². The smallest absolute Gasteiger partial charge is 0.252 e. The molecule has 280 valence electrons. The topological polar surface area (TPSA) is 356 Å². The number of carbonyl (C=O) groups is 1. The average Bonchev–Trinajstić information content (AvgIpc) is 3.36. The van der Waals surface area contributed by atoms with Crippen molar-refractivity contribution in [1.82, 2.24) is 5.32 Å². The first kappa shape index (κ1) is 39.5. The van der Waals surface area contributed by atoms with Gasteiger partial charge in [-0.1, -0.05) is 0 Å². The summed E-state index contributed by atoms with van der Waals surface area (Å²) in [6, 6.07) is -3.40. The second kappa shape index (κ2) is 17.3. The van der Waals surface area contributed by atoms with E-state index >= 15 is 0 Å². The molecule has 0 aromatic carbocycles. The van der Waals surface area contributed by atoms with Crippen LogP contribution >= 0.6 is 0 Å². The zero-order chi connectivity index (χ0) is 35.4. The molecule has 4 rings (SSSR count). The second-order valence-corrected chi connectivity index (χ2v) is 12.6. The molecule has 20 nitrogen and oxygen atoms in total. The number of nitrogens with two attached hydrogens (primary N) is 5. The summed E-state index contributed by atoms with van der Waals surface area (Å²) in [5.74, 6) is -1.18. The van der Waals surface area contributed by atoms with Gasteiger partial charge < -0.3 is 98.2 Å². The Labute approximate surface area is 275 Å². The Hall–Kier alpha value is -1.32. The van der Waals surface area contributed by atoms with E-state index in [1.54, 1.807) is 0 Å². The molecule has 3 heterocycles. The molecular formula is C27H51FN6O14. The zero-order valence-electron chi connectivity index (χ0n) is 26.2. The van der Waals surface area contributed by atoms with E-state index in [2.05, 4.69) is 5.32 Å². The number of aliphatic hydroxyl groups excluding tert-OH is 7. The maximum Gasteiger partial charge on any atom is 0.252 e. The van der Waals surface area contributed by atoms with Gasteiger partial charge in [-0.05, 0) is 6.42 Å². The van der Waals surface area contributed by atoms with Gasteiger partial charge in [-0.2, -0.15) is 0 Å². The number of hydrogen-bond acceptors (Lipinski definition) is 19. The Kier molecular flexibility index (Phi) is 14.2. The van der Waals surface area contributed by atoms with Crippen molar-refractivity contribution in [3.05, 3.63) is 0 Å². The maximum absolute atomic E-state index is 14.0. The first-order valence-electron chi connectivity index (χ1n) is 15.9. The van der Waals surface area contributed by atoms with Crippen LogP contribution in [0.5, 0.6) is 0 Å². The van der Waals surface area contributed by atoms with Crippen molar-refractivity contribution < 1.29 is 73.4 Å². The molecule has 18 N–H and O–H groups in total. The van der Waals surface area contributed by atoms with Gasteiger partial charge in [-0.3, -0.25) is 4.79 Å². The molecule has 3 saturated heterocycles. The van der Waals surface area contributed by atoms with Gasteiger partial charge >= 0.3 is 0 Å². The van der Waals surface area contributed by atoms with Crippen LogP contribution in [0.2, 0.25) is 0 Å². The highest BCUT2D eigenvalue weighted by molar-refractivity contribution is 5.81. The number of hydrogen-bond donors (Lipinski definition) is 13. The predicted octanol–water partition coefficient (Wildman–Crippen LogP) is -7.99. The number of alkyl halides is 1. The predicted molar refractivity (Wildman–Crippen MR) is 158 cm³/mol. The molecule has 3 aliphatic heterocycles. The van der Waals surface area contributed by atoms with Gasteiger partial charge in [0.05, 0.1) is 37.0 Å². The molecule has 0 spiro atoms. The first-order valence-corrected chi connectivity index (χ1v) is 15.9.